The molecule has 2 fully saturated rings. The predicted molar refractivity (Wildman–Crippen MR) is 96.6 cm³/mol. The molecule has 0 bridgehead atoms. The third kappa shape index (κ3) is 2.58. The van der Waals surface area contributed by atoms with Crippen LogP contribution >= 0.6 is 0 Å². The summed E-state index contributed by atoms with van der Waals surface area (Å²) >= 11 is 0. The molecule has 0 aliphatic carbocycles. The Morgan fingerprint density at radius 1 is 1.15 bits per heavy atom. The van der Waals surface area contributed by atoms with Gasteiger partial charge in [0.05, 0.1) is 11.7 Å². The third-order valence-corrected chi connectivity index (χ3v) is 6.03. The first kappa shape index (κ1) is 16.6. The zero-order valence-electron chi connectivity index (χ0n) is 15.2. The number of carbonyl (C=O) groups excluding carboxylic acids is 3. The predicted octanol–water partition coefficient (Wildman–Crippen LogP) is -0.0396. The van der Waals surface area contributed by atoms with E-state index in [1.165, 1.54) is 0 Å². The highest BCUT2D eigenvalue weighted by Gasteiger charge is 2.41. The molecule has 1 aromatic carbocycles. The lowest BCUT2D eigenvalue weighted by molar-refractivity contribution is -0.136. The van der Waals surface area contributed by atoms with E-state index in [9.17, 15) is 14.4 Å². The van der Waals surface area contributed by atoms with Gasteiger partial charge in [0, 0.05) is 38.2 Å². The maximum absolute atomic E-state index is 12.9. The first-order chi connectivity index (χ1) is 13.0. The zero-order valence-corrected chi connectivity index (χ0v) is 15.2. The van der Waals surface area contributed by atoms with E-state index < -0.39 is 6.04 Å². The quantitative estimate of drug-likeness (QED) is 0.699. The molecule has 2 atom stereocenters. The first-order valence-electron chi connectivity index (χ1n) is 9.41. The number of hydrogen-bond donors (Lipinski definition) is 1. The molecule has 4 heterocycles. The van der Waals surface area contributed by atoms with Gasteiger partial charge < -0.3 is 19.4 Å². The van der Waals surface area contributed by atoms with Crippen molar-refractivity contribution in [3.05, 3.63) is 23.3 Å². The molecule has 0 spiro atoms. The van der Waals surface area contributed by atoms with Gasteiger partial charge in [0.15, 0.2) is 0 Å². The summed E-state index contributed by atoms with van der Waals surface area (Å²) in [5, 5.41) is 2.34. The number of benzene rings is 1. The van der Waals surface area contributed by atoms with E-state index in [1.807, 2.05) is 12.1 Å². The van der Waals surface area contributed by atoms with Crippen LogP contribution < -0.4 is 15.0 Å². The van der Waals surface area contributed by atoms with E-state index >= 15 is 0 Å². The van der Waals surface area contributed by atoms with Crippen LogP contribution in [-0.2, 0) is 16.1 Å². The molecule has 2 saturated heterocycles. The van der Waals surface area contributed by atoms with E-state index in [0.717, 1.165) is 36.6 Å². The van der Waals surface area contributed by atoms with Gasteiger partial charge in [-0.3, -0.25) is 19.7 Å². The van der Waals surface area contributed by atoms with E-state index in [0.29, 0.717) is 31.2 Å². The van der Waals surface area contributed by atoms with Crippen LogP contribution in [0.4, 0.5) is 5.69 Å². The number of hydrogen-bond acceptors (Lipinski definition) is 6. The van der Waals surface area contributed by atoms with Crippen molar-refractivity contribution in [3.63, 3.8) is 0 Å². The lowest BCUT2D eigenvalue weighted by Crippen LogP contribution is -2.56. The average Bonchev–Trinajstić information content (AvgIpc) is 2.95. The minimum absolute atomic E-state index is 0.161. The molecule has 1 N–H and O–H groups in total. The Bertz CT molecular complexity index is 854. The number of nitrogens with one attached hydrogen (secondary N) is 1. The Morgan fingerprint density at radius 2 is 2.00 bits per heavy atom. The van der Waals surface area contributed by atoms with Crippen LogP contribution in [0.15, 0.2) is 12.1 Å². The number of imide groups is 1. The van der Waals surface area contributed by atoms with Crippen molar-refractivity contribution in [2.75, 3.05) is 38.2 Å². The Balaban J connectivity index is 1.44. The summed E-state index contributed by atoms with van der Waals surface area (Å²) in [5.41, 5.74) is 2.56. The molecule has 27 heavy (non-hydrogen) atoms. The summed E-state index contributed by atoms with van der Waals surface area (Å²) in [6.45, 7) is 3.89. The maximum Gasteiger partial charge on any atom is 0.255 e. The molecule has 8 nitrogen and oxygen atoms in total. The van der Waals surface area contributed by atoms with Gasteiger partial charge in [0.2, 0.25) is 11.8 Å². The number of carbonyl (C=O) groups is 3. The van der Waals surface area contributed by atoms with Crippen LogP contribution in [0.25, 0.3) is 0 Å². The normalized spacial score (nSPS) is 27.7. The molecular weight excluding hydrogens is 348 g/mol. The van der Waals surface area contributed by atoms with E-state index in [-0.39, 0.29) is 24.1 Å². The number of anilines is 1. The Labute approximate surface area is 157 Å². The lowest BCUT2D eigenvalue weighted by atomic mass is 10.0. The van der Waals surface area contributed by atoms with Gasteiger partial charge in [-0.2, -0.15) is 0 Å². The van der Waals surface area contributed by atoms with Gasteiger partial charge in [-0.05, 0) is 31.2 Å². The van der Waals surface area contributed by atoms with E-state index in [4.69, 9.17) is 4.74 Å². The number of piperazine rings is 1. The lowest BCUT2D eigenvalue weighted by Gasteiger charge is -2.44. The number of fused-ring (bicyclic) bond motifs is 4. The summed E-state index contributed by atoms with van der Waals surface area (Å²) in [7, 11) is 2.12. The average molecular weight is 370 g/mol. The van der Waals surface area contributed by atoms with Gasteiger partial charge in [-0.1, -0.05) is 0 Å². The second-order valence-electron chi connectivity index (χ2n) is 7.80. The number of likely N-dealkylation sites (N-methyl/N-ethyl adjacent to an activating group) is 1. The van der Waals surface area contributed by atoms with Crippen molar-refractivity contribution in [2.24, 2.45) is 0 Å². The fourth-order valence-electron chi connectivity index (χ4n) is 4.58. The minimum Gasteiger partial charge on any atom is -0.489 e. The largest absolute Gasteiger partial charge is 0.489 e. The van der Waals surface area contributed by atoms with Crippen LogP contribution in [0.5, 0.6) is 5.75 Å². The molecule has 4 aliphatic heterocycles. The molecule has 142 valence electrons. The van der Waals surface area contributed by atoms with Crippen molar-refractivity contribution >= 4 is 23.4 Å². The highest BCUT2D eigenvalue weighted by molar-refractivity contribution is 6.05. The topological polar surface area (TPSA) is 82.2 Å². The minimum atomic E-state index is -0.586. The summed E-state index contributed by atoms with van der Waals surface area (Å²) in [5.74, 6) is -0.0719. The van der Waals surface area contributed by atoms with Crippen molar-refractivity contribution in [1.29, 1.82) is 0 Å². The molecule has 0 radical (unpaired) electrons. The molecule has 8 heteroatoms. The van der Waals surface area contributed by atoms with Crippen molar-refractivity contribution in [3.8, 4) is 5.75 Å². The van der Waals surface area contributed by atoms with Gasteiger partial charge in [-0.25, -0.2) is 0 Å². The number of piperidine rings is 1. The summed E-state index contributed by atoms with van der Waals surface area (Å²) in [6.07, 6.45) is 0.639. The second-order valence-corrected chi connectivity index (χ2v) is 7.80. The highest BCUT2D eigenvalue weighted by atomic mass is 16.5. The molecular formula is C19H22N4O4. The summed E-state index contributed by atoms with van der Waals surface area (Å²) in [6, 6.07) is 3.61. The van der Waals surface area contributed by atoms with Gasteiger partial charge >= 0.3 is 0 Å². The third-order valence-electron chi connectivity index (χ3n) is 6.03. The maximum atomic E-state index is 12.9. The van der Waals surface area contributed by atoms with Gasteiger partial charge in [0.1, 0.15) is 18.4 Å². The summed E-state index contributed by atoms with van der Waals surface area (Å²) in [4.78, 5) is 42.8. The van der Waals surface area contributed by atoms with Gasteiger partial charge in [-0.15, -0.1) is 0 Å². The molecule has 2 unspecified atom stereocenters. The van der Waals surface area contributed by atoms with E-state index in [1.54, 1.807) is 4.90 Å². The number of rotatable bonds is 1. The fraction of sp³-hybridized carbons (Fsp3) is 0.526. The smallest absolute Gasteiger partial charge is 0.255 e. The fourth-order valence-corrected chi connectivity index (χ4v) is 4.58. The van der Waals surface area contributed by atoms with Crippen LogP contribution in [0.1, 0.15) is 28.8 Å². The van der Waals surface area contributed by atoms with Crippen LogP contribution in [0, 0.1) is 0 Å². The highest BCUT2D eigenvalue weighted by Crippen LogP contribution is 2.40. The van der Waals surface area contributed by atoms with Crippen molar-refractivity contribution < 1.29 is 19.1 Å². The molecule has 1 aromatic rings. The number of ether oxygens (including phenoxy) is 1. The number of nitrogens with zero attached hydrogens (tertiary/aromatic N) is 3. The molecule has 0 aromatic heterocycles. The van der Waals surface area contributed by atoms with Crippen LogP contribution in [0.3, 0.4) is 0 Å². The van der Waals surface area contributed by atoms with Crippen molar-refractivity contribution in [2.45, 2.75) is 31.5 Å². The Hall–Kier alpha value is -2.61. The SMILES string of the molecule is CN1CCN2c3cc4c(cc3OCC2C1)C(=O)N(C1CCC(=O)NC1=O)C4. The standard InChI is InChI=1S/C19H22N4O4/c1-21-4-5-22-12(9-21)10-27-16-7-13-11(6-15(16)22)8-23(19(13)26)14-2-3-17(24)20-18(14)25/h6-7,12,14H,2-5,8-10H2,1H3,(H,20,24,25). The molecule has 0 saturated carbocycles. The Morgan fingerprint density at radius 3 is 2.81 bits per heavy atom. The Kier molecular flexibility index (Phi) is 3.65. The first-order valence-corrected chi connectivity index (χ1v) is 9.41. The molecule has 3 amide bonds. The molecule has 4 aliphatic rings. The van der Waals surface area contributed by atoms with Crippen molar-refractivity contribution in [1.82, 2.24) is 15.1 Å². The molecule has 5 rings (SSSR count). The zero-order chi connectivity index (χ0) is 18.7. The number of amides is 3. The second kappa shape index (κ2) is 5.95. The van der Waals surface area contributed by atoms with Crippen LogP contribution in [-0.4, -0.2) is 72.9 Å². The van der Waals surface area contributed by atoms with Gasteiger partial charge in [0.25, 0.3) is 5.91 Å². The van der Waals surface area contributed by atoms with Crippen LogP contribution in [0.2, 0.25) is 0 Å². The summed E-state index contributed by atoms with van der Waals surface area (Å²) < 4.78 is 5.97. The monoisotopic (exact) mass is 370 g/mol. The van der Waals surface area contributed by atoms with E-state index in [2.05, 4.69) is 22.2 Å².